The van der Waals surface area contributed by atoms with Crippen LogP contribution in [0.15, 0.2) is 24.3 Å². The maximum atomic E-state index is 12.3. The van der Waals surface area contributed by atoms with Crippen LogP contribution in [0.1, 0.15) is 99.9 Å². The van der Waals surface area contributed by atoms with Gasteiger partial charge in [0.05, 0.1) is 12.6 Å². The molecular weight excluding hydrogens is 360 g/mol. The first-order valence-corrected chi connectivity index (χ1v) is 11.4. The van der Waals surface area contributed by atoms with Crippen molar-refractivity contribution in [3.05, 3.63) is 35.4 Å². The number of unbranched alkanes of at least 4 members (excludes halogenated alkanes) is 9. The van der Waals surface area contributed by atoms with Gasteiger partial charge in [0.1, 0.15) is 5.41 Å². The molecule has 0 unspecified atom stereocenters. The maximum absolute atomic E-state index is 12.3. The Bertz CT molecular complexity index is 701. The van der Waals surface area contributed by atoms with E-state index in [1.807, 2.05) is 12.1 Å². The van der Waals surface area contributed by atoms with Crippen LogP contribution in [0, 0.1) is 16.7 Å². The normalized spacial score (nSPS) is 14.2. The lowest BCUT2D eigenvalue weighted by Gasteiger charge is -2.08. The minimum atomic E-state index is -0.829. The van der Waals surface area contributed by atoms with Gasteiger partial charge in [-0.1, -0.05) is 76.8 Å². The Labute approximate surface area is 176 Å². The summed E-state index contributed by atoms with van der Waals surface area (Å²) in [5.41, 5.74) is 0.924. The van der Waals surface area contributed by atoms with Gasteiger partial charge in [-0.3, -0.25) is 9.59 Å². The monoisotopic (exact) mass is 396 g/mol. The van der Waals surface area contributed by atoms with E-state index >= 15 is 0 Å². The van der Waals surface area contributed by atoms with Crippen LogP contribution in [0.25, 0.3) is 0 Å². The summed E-state index contributed by atoms with van der Waals surface area (Å²) in [7, 11) is 0. The van der Waals surface area contributed by atoms with Crippen LogP contribution in [0.5, 0.6) is 0 Å². The maximum Gasteiger partial charge on any atom is 0.251 e. The second kappa shape index (κ2) is 12.4. The van der Waals surface area contributed by atoms with Crippen molar-refractivity contribution < 1.29 is 9.59 Å². The molecule has 4 heteroatoms. The van der Waals surface area contributed by atoms with Crippen LogP contribution < -0.4 is 5.32 Å². The van der Waals surface area contributed by atoms with Gasteiger partial charge in [0.25, 0.3) is 5.91 Å². The Morgan fingerprint density at radius 1 is 1.00 bits per heavy atom. The molecule has 0 saturated heterocycles. The van der Waals surface area contributed by atoms with Gasteiger partial charge in [-0.15, -0.1) is 0 Å². The Kier molecular flexibility index (Phi) is 9.91. The summed E-state index contributed by atoms with van der Waals surface area (Å²) in [6, 6.07) is 9.74. The topological polar surface area (TPSA) is 70.0 Å². The van der Waals surface area contributed by atoms with E-state index in [1.54, 1.807) is 6.07 Å². The van der Waals surface area contributed by atoms with Crippen molar-refractivity contribution in [3.63, 3.8) is 0 Å². The molecule has 0 radical (unpaired) electrons. The van der Waals surface area contributed by atoms with Crippen molar-refractivity contribution in [1.29, 1.82) is 5.26 Å². The highest BCUT2D eigenvalue weighted by Crippen LogP contribution is 2.45. The zero-order valence-electron chi connectivity index (χ0n) is 18.0. The highest BCUT2D eigenvalue weighted by molar-refractivity contribution is 5.99. The van der Waals surface area contributed by atoms with Gasteiger partial charge < -0.3 is 5.32 Å². The average Bonchev–Trinajstić information content (AvgIpc) is 3.55. The molecule has 2 rings (SSSR count). The molecule has 1 aromatic rings. The average molecular weight is 397 g/mol. The van der Waals surface area contributed by atoms with Crippen LogP contribution in [0.4, 0.5) is 0 Å². The number of nitriles is 1. The number of Topliss-reactive ketones (excluding diaryl/α,β-unsaturated/α-hetero) is 1. The molecular formula is C25H36N2O2. The molecule has 1 N–H and O–H groups in total. The van der Waals surface area contributed by atoms with Crippen LogP contribution in [-0.4, -0.2) is 18.2 Å². The minimum Gasteiger partial charge on any atom is -0.345 e. The third-order valence-corrected chi connectivity index (χ3v) is 5.92. The largest absolute Gasteiger partial charge is 0.345 e. The van der Waals surface area contributed by atoms with Gasteiger partial charge >= 0.3 is 0 Å². The molecule has 0 atom stereocenters. The van der Waals surface area contributed by atoms with Crippen molar-refractivity contribution in [1.82, 2.24) is 5.32 Å². The molecule has 1 saturated carbocycles. The molecule has 1 aliphatic carbocycles. The number of nitrogens with zero attached hydrogens (tertiary/aromatic N) is 1. The SMILES string of the molecule is CCCCCCCCCCCCc1cccc(C(=O)NCC(=O)C2(C#N)CC2)c1. The van der Waals surface area contributed by atoms with E-state index in [0.29, 0.717) is 18.4 Å². The Morgan fingerprint density at radius 3 is 2.21 bits per heavy atom. The van der Waals surface area contributed by atoms with E-state index in [0.717, 1.165) is 12.8 Å². The number of carbonyl (C=O) groups excluding carboxylic acids is 2. The summed E-state index contributed by atoms with van der Waals surface area (Å²) >= 11 is 0. The number of aryl methyl sites for hydroxylation is 1. The van der Waals surface area contributed by atoms with Gasteiger partial charge in [-0.2, -0.15) is 5.26 Å². The molecule has 0 aliphatic heterocycles. The lowest BCUT2D eigenvalue weighted by atomic mass is 10.0. The summed E-state index contributed by atoms with van der Waals surface area (Å²) < 4.78 is 0. The van der Waals surface area contributed by atoms with Crippen molar-refractivity contribution >= 4 is 11.7 Å². The number of hydrogen-bond acceptors (Lipinski definition) is 3. The second-order valence-electron chi connectivity index (χ2n) is 8.43. The van der Waals surface area contributed by atoms with Crippen molar-refractivity contribution in [2.24, 2.45) is 5.41 Å². The van der Waals surface area contributed by atoms with Gasteiger partial charge in [-0.05, 0) is 43.4 Å². The first-order chi connectivity index (χ1) is 14.1. The molecule has 1 fully saturated rings. The molecule has 158 valence electrons. The fourth-order valence-corrected chi connectivity index (χ4v) is 3.69. The standard InChI is InChI=1S/C25H36N2O2/c1-2-3-4-5-6-7-8-9-10-11-13-21-14-12-15-22(18-21)24(29)27-19-23(28)25(20-26)16-17-25/h12,14-15,18H,2-11,13,16-17,19H2,1H3,(H,27,29). The number of hydrogen-bond donors (Lipinski definition) is 1. The molecule has 1 aliphatic rings. The van der Waals surface area contributed by atoms with E-state index in [1.165, 1.54) is 63.4 Å². The van der Waals surface area contributed by atoms with E-state index in [9.17, 15) is 9.59 Å². The first-order valence-electron chi connectivity index (χ1n) is 11.4. The Hall–Kier alpha value is -2.15. The summed E-state index contributed by atoms with van der Waals surface area (Å²) in [4.78, 5) is 24.4. The Balaban J connectivity index is 1.61. The van der Waals surface area contributed by atoms with Crippen molar-refractivity contribution in [2.45, 2.75) is 90.4 Å². The third kappa shape index (κ3) is 8.01. The molecule has 0 bridgehead atoms. The quantitative estimate of drug-likeness (QED) is 0.384. The van der Waals surface area contributed by atoms with Crippen LogP contribution in [0.2, 0.25) is 0 Å². The highest BCUT2D eigenvalue weighted by atomic mass is 16.2. The van der Waals surface area contributed by atoms with Gasteiger partial charge in [-0.25, -0.2) is 0 Å². The summed E-state index contributed by atoms with van der Waals surface area (Å²) in [5.74, 6) is -0.410. The fraction of sp³-hybridized carbons (Fsp3) is 0.640. The lowest BCUT2D eigenvalue weighted by Crippen LogP contribution is -2.33. The van der Waals surface area contributed by atoms with Gasteiger partial charge in [0.15, 0.2) is 5.78 Å². The summed E-state index contributed by atoms with van der Waals surface area (Å²) in [6.45, 7) is 2.19. The minimum absolute atomic E-state index is 0.0605. The third-order valence-electron chi connectivity index (χ3n) is 5.92. The van der Waals surface area contributed by atoms with Gasteiger partial charge in [0.2, 0.25) is 0 Å². The molecule has 0 spiro atoms. The van der Waals surface area contributed by atoms with E-state index < -0.39 is 5.41 Å². The predicted octanol–water partition coefficient (Wildman–Crippen LogP) is 5.75. The molecule has 4 nitrogen and oxygen atoms in total. The number of rotatable bonds is 15. The number of nitrogens with one attached hydrogen (secondary N) is 1. The summed E-state index contributed by atoms with van der Waals surface area (Å²) in [5, 5.41) is 11.7. The number of ketones is 1. The predicted molar refractivity (Wildman–Crippen MR) is 117 cm³/mol. The zero-order chi connectivity index (χ0) is 21.0. The summed E-state index contributed by atoms with van der Waals surface area (Å²) in [6.07, 6.45) is 15.4. The van der Waals surface area contributed by atoms with Gasteiger partial charge in [0, 0.05) is 5.56 Å². The van der Waals surface area contributed by atoms with Crippen LogP contribution >= 0.6 is 0 Å². The number of carbonyl (C=O) groups is 2. The zero-order valence-corrected chi connectivity index (χ0v) is 18.0. The lowest BCUT2D eigenvalue weighted by molar-refractivity contribution is -0.121. The van der Waals surface area contributed by atoms with E-state index in [2.05, 4.69) is 24.4 Å². The number of amides is 1. The fourth-order valence-electron chi connectivity index (χ4n) is 3.69. The smallest absolute Gasteiger partial charge is 0.251 e. The van der Waals surface area contributed by atoms with Crippen molar-refractivity contribution in [3.8, 4) is 6.07 Å². The molecule has 29 heavy (non-hydrogen) atoms. The molecule has 0 aromatic heterocycles. The second-order valence-corrected chi connectivity index (χ2v) is 8.43. The highest BCUT2D eigenvalue weighted by Gasteiger charge is 2.49. The van der Waals surface area contributed by atoms with E-state index in [-0.39, 0.29) is 18.2 Å². The van der Waals surface area contributed by atoms with E-state index in [4.69, 9.17) is 5.26 Å². The van der Waals surface area contributed by atoms with Crippen LogP contribution in [-0.2, 0) is 11.2 Å². The Morgan fingerprint density at radius 2 is 1.62 bits per heavy atom. The molecule has 1 aromatic carbocycles. The molecule has 0 heterocycles. The first kappa shape index (κ1) is 23.1. The van der Waals surface area contributed by atoms with Crippen LogP contribution in [0.3, 0.4) is 0 Å². The van der Waals surface area contributed by atoms with Crippen molar-refractivity contribution in [2.75, 3.05) is 6.54 Å². The number of benzene rings is 1. The molecule has 1 amide bonds.